The highest BCUT2D eigenvalue weighted by Gasteiger charge is 2.17. The van der Waals surface area contributed by atoms with E-state index in [9.17, 15) is 9.59 Å². The summed E-state index contributed by atoms with van der Waals surface area (Å²) in [6.45, 7) is 1.44. The minimum Gasteiger partial charge on any atom is -0.497 e. The van der Waals surface area contributed by atoms with Crippen molar-refractivity contribution in [3.8, 4) is 17.2 Å². The van der Waals surface area contributed by atoms with E-state index in [1.54, 1.807) is 44.6 Å². The molecular weight excluding hydrogens is 384 g/mol. The summed E-state index contributed by atoms with van der Waals surface area (Å²) in [5, 5.41) is 2.80. The van der Waals surface area contributed by atoms with Crippen LogP contribution in [0.25, 0.3) is 5.69 Å². The lowest BCUT2D eigenvalue weighted by molar-refractivity contribution is -0.124. The number of carbonyl (C=O) groups is 2. The fourth-order valence-corrected chi connectivity index (χ4v) is 3.03. The lowest BCUT2D eigenvalue weighted by atomic mass is 10.1. The third-order valence-electron chi connectivity index (χ3n) is 4.62. The van der Waals surface area contributed by atoms with Gasteiger partial charge in [-0.3, -0.25) is 4.79 Å². The molecule has 0 aliphatic carbocycles. The van der Waals surface area contributed by atoms with Gasteiger partial charge in [-0.1, -0.05) is 0 Å². The van der Waals surface area contributed by atoms with Gasteiger partial charge < -0.3 is 24.1 Å². The Balaban J connectivity index is 1.56. The summed E-state index contributed by atoms with van der Waals surface area (Å²) in [6, 6.07) is 15.8. The van der Waals surface area contributed by atoms with Crippen LogP contribution >= 0.6 is 0 Å². The van der Waals surface area contributed by atoms with Crippen LogP contribution in [0, 0.1) is 0 Å². The van der Waals surface area contributed by atoms with Gasteiger partial charge in [0.1, 0.15) is 11.5 Å². The van der Waals surface area contributed by atoms with Gasteiger partial charge >= 0.3 is 5.97 Å². The summed E-state index contributed by atoms with van der Waals surface area (Å²) in [4.78, 5) is 24.5. The Labute approximate surface area is 175 Å². The fourth-order valence-electron chi connectivity index (χ4n) is 3.03. The molecule has 0 aliphatic rings. The van der Waals surface area contributed by atoms with Crippen molar-refractivity contribution in [2.45, 2.75) is 13.0 Å². The molecule has 1 heterocycles. The summed E-state index contributed by atoms with van der Waals surface area (Å²) in [5.41, 5.74) is 2.06. The average Bonchev–Trinajstić information content (AvgIpc) is 3.32. The molecule has 30 heavy (non-hydrogen) atoms. The number of carbonyl (C=O) groups excluding carboxylic acids is 2. The Kier molecular flexibility index (Phi) is 6.75. The molecule has 3 rings (SSSR count). The molecule has 2 aromatic carbocycles. The molecule has 0 saturated heterocycles. The molecule has 1 aromatic heterocycles. The molecule has 156 valence electrons. The fraction of sp³-hybridized carbons (Fsp3) is 0.217. The molecule has 0 fully saturated rings. The summed E-state index contributed by atoms with van der Waals surface area (Å²) < 4.78 is 17.6. The van der Waals surface area contributed by atoms with Crippen molar-refractivity contribution in [3.63, 3.8) is 0 Å². The van der Waals surface area contributed by atoms with Gasteiger partial charge in [0.2, 0.25) is 0 Å². The number of benzene rings is 2. The van der Waals surface area contributed by atoms with Gasteiger partial charge in [-0.05, 0) is 61.5 Å². The third kappa shape index (κ3) is 5.00. The van der Waals surface area contributed by atoms with Crippen molar-refractivity contribution in [1.82, 2.24) is 9.88 Å². The van der Waals surface area contributed by atoms with Crippen LogP contribution in [-0.2, 0) is 9.53 Å². The lowest BCUT2D eigenvalue weighted by Crippen LogP contribution is -2.31. The Morgan fingerprint density at radius 1 is 1.00 bits per heavy atom. The zero-order chi connectivity index (χ0) is 21.5. The molecule has 0 saturated carbocycles. The molecule has 0 unspecified atom stereocenters. The molecular formula is C23H24N2O5. The number of esters is 1. The maximum atomic E-state index is 12.3. The molecule has 7 nitrogen and oxygen atoms in total. The first-order valence-corrected chi connectivity index (χ1v) is 9.43. The number of hydrogen-bond acceptors (Lipinski definition) is 5. The molecule has 7 heteroatoms. The Bertz CT molecular complexity index is 997. The van der Waals surface area contributed by atoms with Gasteiger partial charge in [0.25, 0.3) is 5.91 Å². The van der Waals surface area contributed by atoms with Crippen LogP contribution < -0.4 is 14.8 Å². The van der Waals surface area contributed by atoms with E-state index in [2.05, 4.69) is 5.32 Å². The Hall–Kier alpha value is -3.74. The number of aromatic nitrogens is 1. The summed E-state index contributed by atoms with van der Waals surface area (Å²) in [6.07, 6.45) is 3.83. The van der Waals surface area contributed by atoms with Gasteiger partial charge in [0.05, 0.1) is 25.8 Å². The normalized spacial score (nSPS) is 11.4. The third-order valence-corrected chi connectivity index (χ3v) is 4.62. The molecule has 3 aromatic rings. The van der Waals surface area contributed by atoms with Gasteiger partial charge in [-0.25, -0.2) is 4.79 Å². The summed E-state index contributed by atoms with van der Waals surface area (Å²) >= 11 is 0. The molecule has 0 spiro atoms. The predicted molar refractivity (Wildman–Crippen MR) is 112 cm³/mol. The number of nitrogens with zero attached hydrogens (tertiary/aromatic N) is 1. The van der Waals surface area contributed by atoms with E-state index in [4.69, 9.17) is 14.2 Å². The number of rotatable bonds is 8. The van der Waals surface area contributed by atoms with Gasteiger partial charge in [0.15, 0.2) is 6.61 Å². The maximum absolute atomic E-state index is 12.3. The Morgan fingerprint density at radius 3 is 2.33 bits per heavy atom. The average molecular weight is 408 g/mol. The van der Waals surface area contributed by atoms with Crippen LogP contribution in [0.5, 0.6) is 11.5 Å². The molecule has 1 amide bonds. The first-order chi connectivity index (χ1) is 14.5. The molecule has 0 radical (unpaired) electrons. The van der Waals surface area contributed by atoms with Crippen LogP contribution in [0.4, 0.5) is 0 Å². The Morgan fingerprint density at radius 2 is 1.70 bits per heavy atom. The second-order valence-electron chi connectivity index (χ2n) is 6.61. The van der Waals surface area contributed by atoms with E-state index in [1.807, 2.05) is 48.1 Å². The van der Waals surface area contributed by atoms with Gasteiger partial charge in [-0.15, -0.1) is 0 Å². The van der Waals surface area contributed by atoms with Crippen LogP contribution in [0.2, 0.25) is 0 Å². The van der Waals surface area contributed by atoms with Crippen LogP contribution in [0.3, 0.4) is 0 Å². The highest BCUT2D eigenvalue weighted by molar-refractivity contribution is 5.91. The van der Waals surface area contributed by atoms with Crippen LogP contribution in [-0.4, -0.2) is 37.3 Å². The molecule has 0 bridgehead atoms. The lowest BCUT2D eigenvalue weighted by Gasteiger charge is -2.18. The highest BCUT2D eigenvalue weighted by atomic mass is 16.5. The van der Waals surface area contributed by atoms with E-state index < -0.39 is 11.9 Å². The van der Waals surface area contributed by atoms with Crippen molar-refractivity contribution in [2.24, 2.45) is 0 Å². The monoisotopic (exact) mass is 408 g/mol. The van der Waals surface area contributed by atoms with Crippen molar-refractivity contribution in [1.29, 1.82) is 0 Å². The highest BCUT2D eigenvalue weighted by Crippen LogP contribution is 2.29. The first-order valence-electron chi connectivity index (χ1n) is 9.43. The van der Waals surface area contributed by atoms with Crippen molar-refractivity contribution < 1.29 is 23.8 Å². The smallest absolute Gasteiger partial charge is 0.338 e. The molecule has 1 N–H and O–H groups in total. The van der Waals surface area contributed by atoms with Gasteiger partial charge in [-0.2, -0.15) is 0 Å². The predicted octanol–water partition coefficient (Wildman–Crippen LogP) is 3.53. The number of ether oxygens (including phenoxy) is 3. The topological polar surface area (TPSA) is 78.8 Å². The van der Waals surface area contributed by atoms with Crippen LogP contribution in [0.15, 0.2) is 67.0 Å². The number of methoxy groups -OCH3 is 2. The first kappa shape index (κ1) is 21.0. The SMILES string of the molecule is COc1ccc(OC)c([C@H](C)NC(=O)COC(=O)c2ccc(-n3cccc3)cc2)c1. The quantitative estimate of drug-likeness (QED) is 0.577. The standard InChI is InChI=1S/C23H24N2O5/c1-16(20-14-19(28-2)10-11-21(20)29-3)24-22(26)15-30-23(27)17-6-8-18(9-7-17)25-12-4-5-13-25/h4-14,16H,15H2,1-3H3,(H,24,26)/t16-/m0/s1. The van der Waals surface area contributed by atoms with E-state index in [0.29, 0.717) is 17.1 Å². The summed E-state index contributed by atoms with van der Waals surface area (Å²) in [7, 11) is 3.13. The minimum absolute atomic E-state index is 0.359. The second kappa shape index (κ2) is 9.65. The van der Waals surface area contributed by atoms with Crippen molar-refractivity contribution in [2.75, 3.05) is 20.8 Å². The molecule has 1 atom stereocenters. The van der Waals surface area contributed by atoms with E-state index >= 15 is 0 Å². The number of nitrogens with one attached hydrogen (secondary N) is 1. The zero-order valence-electron chi connectivity index (χ0n) is 17.1. The molecule has 0 aliphatic heterocycles. The minimum atomic E-state index is -0.559. The van der Waals surface area contributed by atoms with Crippen molar-refractivity contribution in [3.05, 3.63) is 78.1 Å². The largest absolute Gasteiger partial charge is 0.497 e. The van der Waals surface area contributed by atoms with E-state index in [0.717, 1.165) is 11.3 Å². The number of hydrogen-bond donors (Lipinski definition) is 1. The van der Waals surface area contributed by atoms with Gasteiger partial charge in [0, 0.05) is 23.6 Å². The second-order valence-corrected chi connectivity index (χ2v) is 6.61. The zero-order valence-corrected chi connectivity index (χ0v) is 17.1. The van der Waals surface area contributed by atoms with E-state index in [-0.39, 0.29) is 12.6 Å². The summed E-state index contributed by atoms with van der Waals surface area (Å²) in [5.74, 6) is 0.311. The maximum Gasteiger partial charge on any atom is 0.338 e. The van der Waals surface area contributed by atoms with E-state index in [1.165, 1.54) is 0 Å². The van der Waals surface area contributed by atoms with Crippen LogP contribution in [0.1, 0.15) is 28.9 Å². The van der Waals surface area contributed by atoms with Crippen molar-refractivity contribution >= 4 is 11.9 Å². The number of amides is 1.